The van der Waals surface area contributed by atoms with E-state index in [9.17, 15) is 4.79 Å². The van der Waals surface area contributed by atoms with E-state index in [4.69, 9.17) is 0 Å². The standard InChI is InChI=1S/C17H15N3O/c21-17(19-10-11-20-14(12-19)8-9-18-20)16-7-3-5-13-4-1-2-6-15(13)16/h1-9H,10-12H2. The molecule has 2 heterocycles. The summed E-state index contributed by atoms with van der Waals surface area (Å²) < 4.78 is 1.97. The zero-order valence-corrected chi connectivity index (χ0v) is 11.6. The van der Waals surface area contributed by atoms with Crippen LogP contribution in [0.2, 0.25) is 0 Å². The molecule has 4 heteroatoms. The molecule has 1 aliphatic rings. The van der Waals surface area contributed by atoms with Crippen molar-refractivity contribution < 1.29 is 4.79 Å². The summed E-state index contributed by atoms with van der Waals surface area (Å²) in [4.78, 5) is 14.7. The first-order valence-electron chi connectivity index (χ1n) is 7.11. The van der Waals surface area contributed by atoms with Gasteiger partial charge in [0.15, 0.2) is 0 Å². The van der Waals surface area contributed by atoms with Crippen molar-refractivity contribution in [3.63, 3.8) is 0 Å². The smallest absolute Gasteiger partial charge is 0.254 e. The van der Waals surface area contributed by atoms with Crippen LogP contribution in [-0.4, -0.2) is 27.1 Å². The van der Waals surface area contributed by atoms with Gasteiger partial charge < -0.3 is 4.90 Å². The molecule has 0 unspecified atom stereocenters. The number of carbonyl (C=O) groups is 1. The molecule has 0 saturated carbocycles. The van der Waals surface area contributed by atoms with Crippen molar-refractivity contribution >= 4 is 16.7 Å². The van der Waals surface area contributed by atoms with E-state index in [0.29, 0.717) is 13.1 Å². The molecule has 0 bridgehead atoms. The first-order chi connectivity index (χ1) is 10.3. The van der Waals surface area contributed by atoms with Crippen LogP contribution >= 0.6 is 0 Å². The van der Waals surface area contributed by atoms with E-state index in [-0.39, 0.29) is 5.91 Å². The van der Waals surface area contributed by atoms with Crippen molar-refractivity contribution in [2.24, 2.45) is 0 Å². The molecule has 3 aromatic rings. The number of amides is 1. The van der Waals surface area contributed by atoms with Gasteiger partial charge in [-0.2, -0.15) is 5.10 Å². The molecule has 0 atom stereocenters. The molecule has 0 fully saturated rings. The van der Waals surface area contributed by atoms with Gasteiger partial charge in [-0.15, -0.1) is 0 Å². The molecule has 1 amide bonds. The summed E-state index contributed by atoms with van der Waals surface area (Å²) in [6.45, 7) is 2.09. The first-order valence-corrected chi connectivity index (χ1v) is 7.11. The van der Waals surface area contributed by atoms with Crippen LogP contribution in [0.25, 0.3) is 10.8 Å². The van der Waals surface area contributed by atoms with Gasteiger partial charge in [0.2, 0.25) is 0 Å². The van der Waals surface area contributed by atoms with Gasteiger partial charge in [-0.1, -0.05) is 36.4 Å². The first kappa shape index (κ1) is 12.1. The molecule has 0 spiro atoms. The molecule has 104 valence electrons. The monoisotopic (exact) mass is 277 g/mol. The molecule has 1 aliphatic heterocycles. The second-order valence-corrected chi connectivity index (χ2v) is 5.30. The van der Waals surface area contributed by atoms with Gasteiger partial charge in [0.05, 0.1) is 18.8 Å². The van der Waals surface area contributed by atoms with Crippen LogP contribution in [-0.2, 0) is 13.1 Å². The Morgan fingerprint density at radius 3 is 2.81 bits per heavy atom. The highest BCUT2D eigenvalue weighted by Gasteiger charge is 2.23. The van der Waals surface area contributed by atoms with Gasteiger partial charge in [-0.25, -0.2) is 0 Å². The minimum Gasteiger partial charge on any atom is -0.331 e. The molecular formula is C17H15N3O. The van der Waals surface area contributed by atoms with Crippen molar-refractivity contribution in [3.8, 4) is 0 Å². The number of carbonyl (C=O) groups excluding carboxylic acids is 1. The van der Waals surface area contributed by atoms with Crippen LogP contribution in [0, 0.1) is 0 Å². The highest BCUT2D eigenvalue weighted by molar-refractivity contribution is 6.07. The lowest BCUT2D eigenvalue weighted by Crippen LogP contribution is -2.38. The predicted molar refractivity (Wildman–Crippen MR) is 80.9 cm³/mol. The summed E-state index contributed by atoms with van der Waals surface area (Å²) in [7, 11) is 0. The zero-order chi connectivity index (χ0) is 14.2. The number of hydrogen-bond acceptors (Lipinski definition) is 2. The van der Waals surface area contributed by atoms with Crippen LogP contribution < -0.4 is 0 Å². The van der Waals surface area contributed by atoms with Gasteiger partial charge in [-0.05, 0) is 22.9 Å². The van der Waals surface area contributed by atoms with Gasteiger partial charge in [-0.3, -0.25) is 9.48 Å². The maximum Gasteiger partial charge on any atom is 0.254 e. The Morgan fingerprint density at radius 2 is 1.86 bits per heavy atom. The number of aromatic nitrogens is 2. The molecule has 0 radical (unpaired) electrons. The average Bonchev–Trinajstić information content (AvgIpc) is 3.01. The second-order valence-electron chi connectivity index (χ2n) is 5.30. The number of nitrogens with zero attached hydrogens (tertiary/aromatic N) is 3. The molecule has 0 aliphatic carbocycles. The summed E-state index contributed by atoms with van der Waals surface area (Å²) in [5, 5.41) is 6.37. The Kier molecular flexibility index (Phi) is 2.74. The summed E-state index contributed by atoms with van der Waals surface area (Å²) in [6.07, 6.45) is 1.79. The number of benzene rings is 2. The fourth-order valence-electron chi connectivity index (χ4n) is 2.94. The molecule has 4 nitrogen and oxygen atoms in total. The minimum absolute atomic E-state index is 0.0965. The van der Waals surface area contributed by atoms with E-state index in [1.165, 1.54) is 0 Å². The molecule has 0 N–H and O–H groups in total. The summed E-state index contributed by atoms with van der Waals surface area (Å²) in [6, 6.07) is 15.9. The SMILES string of the molecule is O=C(c1cccc2ccccc12)N1CCn2nccc2C1. The van der Waals surface area contributed by atoms with Crippen molar-refractivity contribution in [2.45, 2.75) is 13.1 Å². The average molecular weight is 277 g/mol. The second kappa shape index (κ2) is 4.74. The minimum atomic E-state index is 0.0965. The van der Waals surface area contributed by atoms with Crippen molar-refractivity contribution in [3.05, 3.63) is 66.0 Å². The Balaban J connectivity index is 1.71. The largest absolute Gasteiger partial charge is 0.331 e. The number of fused-ring (bicyclic) bond motifs is 2. The summed E-state index contributed by atoms with van der Waals surface area (Å²) in [5.74, 6) is 0.0965. The zero-order valence-electron chi connectivity index (χ0n) is 11.6. The molecule has 1 aromatic heterocycles. The van der Waals surface area contributed by atoms with Gasteiger partial charge in [0.25, 0.3) is 5.91 Å². The fraction of sp³-hybridized carbons (Fsp3) is 0.176. The van der Waals surface area contributed by atoms with E-state index >= 15 is 0 Å². The quantitative estimate of drug-likeness (QED) is 0.686. The maximum absolute atomic E-state index is 12.8. The van der Waals surface area contributed by atoms with Crippen LogP contribution in [0.5, 0.6) is 0 Å². The maximum atomic E-state index is 12.8. The van der Waals surface area contributed by atoms with Crippen LogP contribution in [0.3, 0.4) is 0 Å². The number of hydrogen-bond donors (Lipinski definition) is 0. The van der Waals surface area contributed by atoms with Crippen molar-refractivity contribution in [1.82, 2.24) is 14.7 Å². The van der Waals surface area contributed by atoms with E-state index in [1.54, 1.807) is 6.20 Å². The molecule has 21 heavy (non-hydrogen) atoms. The fourth-order valence-corrected chi connectivity index (χ4v) is 2.94. The van der Waals surface area contributed by atoms with Crippen LogP contribution in [0.1, 0.15) is 16.1 Å². The van der Waals surface area contributed by atoms with E-state index < -0.39 is 0 Å². The Labute approximate surface area is 122 Å². The lowest BCUT2D eigenvalue weighted by molar-refractivity contribution is 0.0708. The summed E-state index contributed by atoms with van der Waals surface area (Å²) in [5.41, 5.74) is 1.87. The number of rotatable bonds is 1. The topological polar surface area (TPSA) is 38.1 Å². The van der Waals surface area contributed by atoms with E-state index in [1.807, 2.05) is 58.1 Å². The van der Waals surface area contributed by atoms with Gasteiger partial charge in [0, 0.05) is 18.3 Å². The Bertz CT molecular complexity index is 816. The molecular weight excluding hydrogens is 262 g/mol. The lowest BCUT2D eigenvalue weighted by Gasteiger charge is -2.28. The highest BCUT2D eigenvalue weighted by atomic mass is 16.2. The molecule has 0 saturated heterocycles. The normalized spacial score (nSPS) is 14.2. The van der Waals surface area contributed by atoms with Gasteiger partial charge >= 0.3 is 0 Å². The molecule has 4 rings (SSSR count). The Morgan fingerprint density at radius 1 is 1.00 bits per heavy atom. The Hall–Kier alpha value is -2.62. The van der Waals surface area contributed by atoms with Crippen molar-refractivity contribution in [2.75, 3.05) is 6.54 Å². The third kappa shape index (κ3) is 2.00. The van der Waals surface area contributed by atoms with E-state index in [2.05, 4.69) is 5.10 Å². The third-order valence-electron chi connectivity index (χ3n) is 4.05. The van der Waals surface area contributed by atoms with Crippen molar-refractivity contribution in [1.29, 1.82) is 0 Å². The van der Waals surface area contributed by atoms with Gasteiger partial charge in [0.1, 0.15) is 0 Å². The lowest BCUT2D eigenvalue weighted by atomic mass is 10.0. The predicted octanol–water partition coefficient (Wildman–Crippen LogP) is 2.69. The molecule has 2 aromatic carbocycles. The van der Waals surface area contributed by atoms with Crippen LogP contribution in [0.15, 0.2) is 54.7 Å². The third-order valence-corrected chi connectivity index (χ3v) is 4.05. The summed E-state index contributed by atoms with van der Waals surface area (Å²) >= 11 is 0. The van der Waals surface area contributed by atoms with E-state index in [0.717, 1.165) is 28.6 Å². The van der Waals surface area contributed by atoms with Crippen LogP contribution in [0.4, 0.5) is 0 Å². The highest BCUT2D eigenvalue weighted by Crippen LogP contribution is 2.22.